The summed E-state index contributed by atoms with van der Waals surface area (Å²) in [4.78, 5) is 42.4. The number of aromatic nitrogens is 2. The number of rotatable bonds is 10. The number of hydrogen-bond acceptors (Lipinski definition) is 10. The summed E-state index contributed by atoms with van der Waals surface area (Å²) in [5.74, 6) is -1.52. The normalized spacial score (nSPS) is 15.2. The van der Waals surface area contributed by atoms with Gasteiger partial charge in [0, 0.05) is 11.5 Å². The van der Waals surface area contributed by atoms with E-state index in [9.17, 15) is 41.2 Å². The predicted molar refractivity (Wildman–Crippen MR) is 164 cm³/mol. The number of carbonyl (C=O) groups excluding carboxylic acids is 3. The van der Waals surface area contributed by atoms with Crippen LogP contribution >= 0.6 is 0 Å². The van der Waals surface area contributed by atoms with Crippen LogP contribution in [0, 0.1) is 18.0 Å². The molecule has 1 N–H and O–H groups in total. The Balaban J connectivity index is 0.993. The highest BCUT2D eigenvalue weighted by atomic mass is 32.2. The second-order valence-electron chi connectivity index (χ2n) is 11.3. The zero-order chi connectivity index (χ0) is 35.8. The molecule has 3 heterocycles. The number of hydrogen-bond donors (Lipinski definition) is 1. The minimum absolute atomic E-state index is 0.0684. The van der Waals surface area contributed by atoms with E-state index >= 15 is 0 Å². The average Bonchev–Trinajstić information content (AvgIpc) is 3.61. The van der Waals surface area contributed by atoms with Crippen LogP contribution in [0.1, 0.15) is 32.0 Å². The molecule has 3 aromatic carbocycles. The van der Waals surface area contributed by atoms with Gasteiger partial charge in [-0.15, -0.1) is 5.01 Å². The maximum Gasteiger partial charge on any atom is 0.435 e. The van der Waals surface area contributed by atoms with E-state index in [1.807, 2.05) is 6.92 Å². The molecule has 3 amide bonds. The van der Waals surface area contributed by atoms with E-state index in [1.54, 1.807) is 41.1 Å². The summed E-state index contributed by atoms with van der Waals surface area (Å²) in [5, 5.41) is 20.3. The van der Waals surface area contributed by atoms with Gasteiger partial charge < -0.3 is 14.8 Å². The molecule has 0 spiro atoms. The van der Waals surface area contributed by atoms with Crippen molar-refractivity contribution in [3.8, 4) is 16.9 Å². The summed E-state index contributed by atoms with van der Waals surface area (Å²) in [5.41, 5.74) is 0.924. The Hall–Kier alpha value is -5.98. The maximum absolute atomic E-state index is 13.5. The molecule has 260 valence electrons. The van der Waals surface area contributed by atoms with Crippen LogP contribution in [-0.4, -0.2) is 77.4 Å². The van der Waals surface area contributed by atoms with Crippen molar-refractivity contribution >= 4 is 27.9 Å². The molecule has 1 fully saturated rings. The molecule has 0 saturated carbocycles. The van der Waals surface area contributed by atoms with Crippen molar-refractivity contribution < 1.29 is 50.5 Å². The van der Waals surface area contributed by atoms with Crippen molar-refractivity contribution in [2.75, 3.05) is 26.4 Å². The third-order valence-corrected chi connectivity index (χ3v) is 9.11. The molecular weight excluding hydrogens is 687 g/mol. The maximum atomic E-state index is 13.5. The summed E-state index contributed by atoms with van der Waals surface area (Å²) < 4.78 is 73.9. The molecule has 50 heavy (non-hydrogen) atoms. The van der Waals surface area contributed by atoms with E-state index in [0.717, 1.165) is 38.4 Å². The van der Waals surface area contributed by atoms with Crippen LogP contribution in [0.25, 0.3) is 16.9 Å². The fraction of sp³-hybridized carbons (Fsp3) is 0.226. The van der Waals surface area contributed by atoms with Gasteiger partial charge in [0.15, 0.2) is 5.69 Å². The van der Waals surface area contributed by atoms with Crippen molar-refractivity contribution in [3.63, 3.8) is 0 Å². The zero-order valence-corrected chi connectivity index (χ0v) is 26.7. The smallest absolute Gasteiger partial charge is 0.435 e. The van der Waals surface area contributed by atoms with Gasteiger partial charge in [-0.3, -0.25) is 9.59 Å². The first-order chi connectivity index (χ1) is 23.7. The highest BCUT2D eigenvalue weighted by Gasteiger charge is 2.38. The van der Waals surface area contributed by atoms with E-state index in [4.69, 9.17) is 9.57 Å². The van der Waals surface area contributed by atoms with Crippen LogP contribution in [0.3, 0.4) is 0 Å². The van der Waals surface area contributed by atoms with Gasteiger partial charge in [-0.2, -0.15) is 18.3 Å². The first kappa shape index (κ1) is 33.9. The number of sulfonamides is 1. The topological polar surface area (TPSA) is 179 Å². The number of alkyl halides is 3. The third kappa shape index (κ3) is 6.93. The van der Waals surface area contributed by atoms with Gasteiger partial charge in [-0.25, -0.2) is 27.5 Å². The van der Waals surface area contributed by atoms with Crippen molar-refractivity contribution in [1.82, 2.24) is 24.4 Å². The van der Waals surface area contributed by atoms with Crippen LogP contribution < -0.4 is 4.72 Å². The number of ether oxygens (including phenoxy) is 1. The third-order valence-electron chi connectivity index (χ3n) is 7.78. The van der Waals surface area contributed by atoms with Crippen molar-refractivity contribution in [1.29, 1.82) is 0 Å². The van der Waals surface area contributed by atoms with Gasteiger partial charge in [0.1, 0.15) is 0 Å². The van der Waals surface area contributed by atoms with Gasteiger partial charge >= 0.3 is 12.3 Å². The molecule has 0 unspecified atom stereocenters. The Labute approximate surface area is 281 Å². The lowest BCUT2D eigenvalue weighted by Crippen LogP contribution is -2.52. The van der Waals surface area contributed by atoms with Crippen LogP contribution in [0.15, 0.2) is 89.0 Å². The van der Waals surface area contributed by atoms with E-state index < -0.39 is 46.5 Å². The summed E-state index contributed by atoms with van der Waals surface area (Å²) in [6.07, 6.45) is -6.01. The zero-order valence-electron chi connectivity index (χ0n) is 25.9. The molecule has 6 rings (SSSR count). The van der Waals surface area contributed by atoms with Gasteiger partial charge in [-0.1, -0.05) is 42.0 Å². The van der Waals surface area contributed by atoms with Crippen molar-refractivity contribution in [2.45, 2.75) is 18.0 Å². The van der Waals surface area contributed by atoms with Gasteiger partial charge in [0.25, 0.3) is 21.8 Å². The Morgan fingerprint density at radius 1 is 1.02 bits per heavy atom. The molecule has 0 radical (unpaired) electrons. The standard InChI is InChI=1S/C31H26F3N7O8S/c1-19-6-8-21(9-7-19)26-14-27(31(32,33)34)35-40(26)22-10-12-23(13-11-22)50(46,47)36-30(44)48-17-20-15-38(16-20)41(45)37-49-18-39-28(42)24-4-2-3-5-25(24)29(39)43/h2-14,20H,15-18H2,1H3,(H,36,44)/b41-37-. The van der Waals surface area contributed by atoms with E-state index in [2.05, 4.69) is 10.4 Å². The predicted octanol–water partition coefficient (Wildman–Crippen LogP) is 4.28. The summed E-state index contributed by atoms with van der Waals surface area (Å²) in [6, 6.07) is 18.5. The summed E-state index contributed by atoms with van der Waals surface area (Å²) in [7, 11) is -4.43. The highest BCUT2D eigenvalue weighted by Crippen LogP contribution is 2.33. The number of fused-ring (bicyclic) bond motifs is 1. The lowest BCUT2D eigenvalue weighted by Gasteiger charge is -2.33. The van der Waals surface area contributed by atoms with E-state index in [0.29, 0.717) is 5.56 Å². The number of imide groups is 1. The SMILES string of the molecule is Cc1ccc(-c2cc(C(F)(F)F)nn2-c2ccc(S(=O)(=O)NC(=O)OCC3CN(/[N+]([O-])=N/OCN4C(=O)c5ccccc5C4=O)C3)cc2)cc1. The van der Waals surface area contributed by atoms with E-state index in [-0.39, 0.29) is 58.0 Å². The number of amides is 3. The number of nitrogens with one attached hydrogen (secondary N) is 1. The van der Waals surface area contributed by atoms with Crippen LogP contribution in [0.2, 0.25) is 0 Å². The number of carbonyl (C=O) groups is 3. The molecule has 0 bridgehead atoms. The number of hydrazine groups is 1. The highest BCUT2D eigenvalue weighted by molar-refractivity contribution is 7.90. The first-order valence-corrected chi connectivity index (χ1v) is 16.2. The van der Waals surface area contributed by atoms with Crippen molar-refractivity contribution in [3.05, 3.63) is 106 Å². The quantitative estimate of drug-likeness (QED) is 0.108. The van der Waals surface area contributed by atoms with E-state index in [1.165, 1.54) is 24.3 Å². The second-order valence-corrected chi connectivity index (χ2v) is 13.0. The van der Waals surface area contributed by atoms with Crippen LogP contribution in [0.4, 0.5) is 18.0 Å². The molecular formula is C31H26F3N7O8S. The lowest BCUT2D eigenvalue weighted by molar-refractivity contribution is -0.727. The number of aryl methyl sites for hydroxylation is 1. The van der Waals surface area contributed by atoms with Crippen LogP contribution in [0.5, 0.6) is 0 Å². The second kappa shape index (κ2) is 13.1. The molecule has 0 atom stereocenters. The molecule has 4 aromatic rings. The monoisotopic (exact) mass is 713 g/mol. The van der Waals surface area contributed by atoms with Crippen LogP contribution in [-0.2, 0) is 25.8 Å². The Morgan fingerprint density at radius 3 is 2.24 bits per heavy atom. The number of nitrogens with zero attached hydrogens (tertiary/aromatic N) is 6. The van der Waals surface area contributed by atoms with Gasteiger partial charge in [0.2, 0.25) is 12.0 Å². The molecule has 2 aliphatic heterocycles. The Morgan fingerprint density at radius 2 is 1.64 bits per heavy atom. The lowest BCUT2D eigenvalue weighted by atomic mass is 10.0. The fourth-order valence-electron chi connectivity index (χ4n) is 5.13. The molecule has 0 aliphatic carbocycles. The van der Waals surface area contributed by atoms with Gasteiger partial charge in [0.05, 0.1) is 52.1 Å². The molecule has 1 saturated heterocycles. The number of benzene rings is 3. The summed E-state index contributed by atoms with van der Waals surface area (Å²) >= 11 is 0. The largest absolute Gasteiger partial charge is 0.569 e. The molecule has 2 aliphatic rings. The Kier molecular flexibility index (Phi) is 8.91. The molecule has 15 nitrogen and oxygen atoms in total. The Bertz CT molecular complexity index is 2060. The fourth-order valence-corrected chi connectivity index (χ4v) is 6.02. The average molecular weight is 714 g/mol. The number of halogens is 3. The van der Waals surface area contributed by atoms with Gasteiger partial charge in [-0.05, 0) is 49.4 Å². The molecule has 19 heteroatoms. The summed E-state index contributed by atoms with van der Waals surface area (Å²) in [6.45, 7) is 1.14. The minimum Gasteiger partial charge on any atom is -0.569 e. The first-order valence-electron chi connectivity index (χ1n) is 14.8. The molecule has 1 aromatic heterocycles. The minimum atomic E-state index is -4.72. The van der Waals surface area contributed by atoms with Crippen molar-refractivity contribution in [2.24, 2.45) is 11.2 Å².